The van der Waals surface area contributed by atoms with Crippen molar-refractivity contribution in [3.8, 4) is 11.3 Å². The van der Waals surface area contributed by atoms with Crippen molar-refractivity contribution in [1.82, 2.24) is 9.97 Å². The summed E-state index contributed by atoms with van der Waals surface area (Å²) >= 11 is 0. The third kappa shape index (κ3) is 8.39. The fourth-order valence-electron chi connectivity index (χ4n) is 4.57. The van der Waals surface area contributed by atoms with E-state index in [1.807, 2.05) is 56.3 Å². The monoisotopic (exact) mass is 579 g/mol. The van der Waals surface area contributed by atoms with Crippen molar-refractivity contribution in [3.63, 3.8) is 0 Å². The summed E-state index contributed by atoms with van der Waals surface area (Å²) in [5.41, 5.74) is 4.04. The molecule has 0 N–H and O–H groups in total. The van der Waals surface area contributed by atoms with Crippen LogP contribution in [0.3, 0.4) is 0 Å². The van der Waals surface area contributed by atoms with E-state index in [1.165, 1.54) is 16.4 Å². The van der Waals surface area contributed by atoms with Gasteiger partial charge in [0.05, 0.1) is 36.8 Å². The van der Waals surface area contributed by atoms with Crippen LogP contribution in [-0.4, -0.2) is 52.6 Å². The van der Waals surface area contributed by atoms with E-state index in [-0.39, 0.29) is 23.9 Å². The molecule has 218 valence electrons. The summed E-state index contributed by atoms with van der Waals surface area (Å²) in [5, 5.41) is 0. The number of hydrogen-bond acceptors (Lipinski definition) is 6. The average molecular weight is 580 g/mol. The molecule has 4 atom stereocenters. The summed E-state index contributed by atoms with van der Waals surface area (Å²) in [6, 6.07) is 16.3. The molecule has 0 aliphatic carbocycles. The molecule has 0 spiro atoms. The first kappa shape index (κ1) is 30.7. The van der Waals surface area contributed by atoms with Crippen LogP contribution in [0.1, 0.15) is 49.4 Å². The van der Waals surface area contributed by atoms with Crippen LogP contribution in [0.5, 0.6) is 0 Å². The Morgan fingerprint density at radius 2 is 1.85 bits per heavy atom. The lowest BCUT2D eigenvalue weighted by atomic mass is 9.96. The quantitative estimate of drug-likeness (QED) is 0.230. The Kier molecular flexibility index (Phi) is 10.9. The van der Waals surface area contributed by atoms with E-state index in [0.717, 1.165) is 22.4 Å². The molecular weight excluding hydrogens is 541 g/mol. The van der Waals surface area contributed by atoms with Gasteiger partial charge in [0.1, 0.15) is 16.8 Å². The van der Waals surface area contributed by atoms with Crippen LogP contribution in [0.2, 0.25) is 0 Å². The largest absolute Gasteiger partial charge is 0.373 e. The highest BCUT2D eigenvalue weighted by Gasteiger charge is 2.30. The van der Waals surface area contributed by atoms with Crippen molar-refractivity contribution in [2.45, 2.75) is 57.7 Å². The maximum absolute atomic E-state index is 13.8. The molecule has 7 nitrogen and oxygen atoms in total. The number of hydrogen-bond donors (Lipinski definition) is 0. The fraction of sp³-hybridized carbons (Fsp3) is 0.375. The summed E-state index contributed by atoms with van der Waals surface area (Å²) in [4.78, 5) is 9.57. The molecule has 4 rings (SSSR count). The molecule has 0 saturated carbocycles. The SMILES string of the molecule is C=CCOC1CC(OCc2ccccc2)C[C@@H](/C=C/c2c(-c3ccc(F)cc3)nc(N(C)S(C)=O)nc2C(C)C)O1. The van der Waals surface area contributed by atoms with Gasteiger partial charge in [0.25, 0.3) is 0 Å². The van der Waals surface area contributed by atoms with Gasteiger partial charge in [0.2, 0.25) is 5.95 Å². The number of rotatable bonds is 12. The predicted molar refractivity (Wildman–Crippen MR) is 162 cm³/mol. The molecule has 0 radical (unpaired) electrons. The molecule has 3 unspecified atom stereocenters. The van der Waals surface area contributed by atoms with E-state index in [4.69, 9.17) is 24.2 Å². The molecule has 2 aromatic carbocycles. The van der Waals surface area contributed by atoms with Crippen LogP contribution < -0.4 is 4.31 Å². The summed E-state index contributed by atoms with van der Waals surface area (Å²) in [5.74, 6) is 0.0399. The van der Waals surface area contributed by atoms with E-state index in [9.17, 15) is 8.60 Å². The molecule has 1 aromatic heterocycles. The maximum atomic E-state index is 13.8. The van der Waals surface area contributed by atoms with Gasteiger partial charge in [-0.25, -0.2) is 18.6 Å². The summed E-state index contributed by atoms with van der Waals surface area (Å²) in [6.07, 6.45) is 7.70. The van der Waals surface area contributed by atoms with Gasteiger partial charge in [-0.1, -0.05) is 62.4 Å². The van der Waals surface area contributed by atoms with Gasteiger partial charge in [0.15, 0.2) is 6.29 Å². The second-order valence-corrected chi connectivity index (χ2v) is 11.6. The highest BCUT2D eigenvalue weighted by Crippen LogP contribution is 2.32. The molecule has 9 heteroatoms. The molecule has 1 saturated heterocycles. The van der Waals surface area contributed by atoms with Gasteiger partial charge in [-0.3, -0.25) is 4.31 Å². The van der Waals surface area contributed by atoms with Gasteiger partial charge in [-0.05, 0) is 35.7 Å². The zero-order valence-electron chi connectivity index (χ0n) is 24.0. The average Bonchev–Trinajstić information content (AvgIpc) is 2.98. The Morgan fingerprint density at radius 3 is 2.51 bits per heavy atom. The molecule has 3 aromatic rings. The maximum Gasteiger partial charge on any atom is 0.237 e. The van der Waals surface area contributed by atoms with Gasteiger partial charge in [-0.2, -0.15) is 0 Å². The van der Waals surface area contributed by atoms with Crippen molar-refractivity contribution in [3.05, 3.63) is 96.0 Å². The lowest BCUT2D eigenvalue weighted by Crippen LogP contribution is -2.37. The predicted octanol–water partition coefficient (Wildman–Crippen LogP) is 6.44. The smallest absolute Gasteiger partial charge is 0.237 e. The zero-order valence-corrected chi connectivity index (χ0v) is 24.9. The van der Waals surface area contributed by atoms with Gasteiger partial charge in [0, 0.05) is 37.3 Å². The molecular formula is C32H38FN3O4S. The van der Waals surface area contributed by atoms with Crippen molar-refractivity contribution < 1.29 is 22.8 Å². The van der Waals surface area contributed by atoms with Crippen LogP contribution in [0.25, 0.3) is 17.3 Å². The number of halogens is 1. The minimum atomic E-state index is -1.32. The molecule has 0 bridgehead atoms. The van der Waals surface area contributed by atoms with Crippen molar-refractivity contribution in [2.24, 2.45) is 0 Å². The Balaban J connectivity index is 1.67. The topological polar surface area (TPSA) is 73.8 Å². The standard InChI is InChI=1S/C32H38FN3O4S/c1-6-18-38-29-20-27(39-21-23-10-8-7-9-11-23)19-26(40-29)16-17-28-30(22(2)3)34-32(36(4)41(5)37)35-31(28)24-12-14-25(33)15-13-24/h6-17,22,26-27,29H,1,18-21H2,2-5H3/b17-16+/t26-,27?,29?,41?/m1/s1. The molecule has 2 heterocycles. The fourth-order valence-corrected chi connectivity index (χ4v) is 4.88. The van der Waals surface area contributed by atoms with E-state index < -0.39 is 17.3 Å². The van der Waals surface area contributed by atoms with Gasteiger partial charge >= 0.3 is 0 Å². The van der Waals surface area contributed by atoms with E-state index >= 15 is 0 Å². The van der Waals surface area contributed by atoms with Crippen LogP contribution in [0.15, 0.2) is 73.3 Å². The highest BCUT2D eigenvalue weighted by molar-refractivity contribution is 7.85. The van der Waals surface area contributed by atoms with Crippen molar-refractivity contribution >= 4 is 23.0 Å². The Morgan fingerprint density at radius 1 is 1.12 bits per heavy atom. The molecule has 1 fully saturated rings. The Labute approximate surface area is 244 Å². The molecule has 1 aliphatic heterocycles. The summed E-state index contributed by atoms with van der Waals surface area (Å²) in [6.45, 7) is 8.72. The Bertz CT molecular complexity index is 1350. The van der Waals surface area contributed by atoms with Gasteiger partial charge in [-0.15, -0.1) is 6.58 Å². The zero-order chi connectivity index (χ0) is 29.4. The lowest BCUT2D eigenvalue weighted by Gasteiger charge is -2.34. The van der Waals surface area contributed by atoms with Crippen molar-refractivity contribution in [2.75, 3.05) is 24.2 Å². The third-order valence-corrected chi connectivity index (χ3v) is 7.71. The third-order valence-electron chi connectivity index (χ3n) is 6.78. The minimum Gasteiger partial charge on any atom is -0.373 e. The van der Waals surface area contributed by atoms with E-state index in [2.05, 4.69) is 6.58 Å². The number of ether oxygens (including phenoxy) is 3. The number of anilines is 1. The van der Waals surface area contributed by atoms with Crippen LogP contribution in [-0.2, 0) is 31.8 Å². The molecule has 1 aliphatic rings. The van der Waals surface area contributed by atoms with Crippen molar-refractivity contribution in [1.29, 1.82) is 0 Å². The first-order valence-electron chi connectivity index (χ1n) is 13.7. The van der Waals surface area contributed by atoms with Crippen LogP contribution >= 0.6 is 0 Å². The number of nitrogens with zero attached hydrogens (tertiary/aromatic N) is 3. The van der Waals surface area contributed by atoms with Crippen LogP contribution in [0, 0.1) is 5.82 Å². The summed E-state index contributed by atoms with van der Waals surface area (Å²) < 4.78 is 46.0. The normalized spacial score (nSPS) is 19.9. The number of benzene rings is 2. The lowest BCUT2D eigenvalue weighted by molar-refractivity contribution is -0.207. The second-order valence-electron chi connectivity index (χ2n) is 10.2. The van der Waals surface area contributed by atoms with E-state index in [1.54, 1.807) is 31.5 Å². The summed E-state index contributed by atoms with van der Waals surface area (Å²) in [7, 11) is 0.372. The molecule has 41 heavy (non-hydrogen) atoms. The highest BCUT2D eigenvalue weighted by atomic mass is 32.2. The van der Waals surface area contributed by atoms with Gasteiger partial charge < -0.3 is 14.2 Å². The number of aromatic nitrogens is 2. The Hall–Kier alpha value is -3.24. The minimum absolute atomic E-state index is 0.0344. The first-order valence-corrected chi connectivity index (χ1v) is 15.2. The van der Waals surface area contributed by atoms with E-state index in [0.29, 0.717) is 37.7 Å². The second kappa shape index (κ2) is 14.6. The van der Waals surface area contributed by atoms with Crippen LogP contribution in [0.4, 0.5) is 10.3 Å². The first-order chi connectivity index (χ1) is 19.7. The molecule has 0 amide bonds.